The van der Waals surface area contributed by atoms with Crippen LogP contribution < -0.4 is 0 Å². The van der Waals surface area contributed by atoms with Crippen LogP contribution in [0.25, 0.3) is 6.08 Å². The molecule has 0 amide bonds. The molecule has 7 atom stereocenters. The molecule has 0 saturated carbocycles. The summed E-state index contributed by atoms with van der Waals surface area (Å²) in [5.41, 5.74) is 0.0933. The number of fused-ring (bicyclic) bond motifs is 1. The number of aliphatic hydroxyl groups excluding tert-OH is 2. The van der Waals surface area contributed by atoms with E-state index in [1.54, 1.807) is 27.0 Å². The molecule has 2 aliphatic heterocycles. The van der Waals surface area contributed by atoms with E-state index in [2.05, 4.69) is 11.9 Å². The zero-order valence-electron chi connectivity index (χ0n) is 21.9. The summed E-state index contributed by atoms with van der Waals surface area (Å²) in [5.74, 6) is -1.56. The lowest BCUT2D eigenvalue weighted by Crippen LogP contribution is -2.45. The van der Waals surface area contributed by atoms with Gasteiger partial charge in [-0.3, -0.25) is 14.6 Å². The van der Waals surface area contributed by atoms with Gasteiger partial charge in [0, 0.05) is 18.5 Å². The molecule has 2 aliphatic rings. The molecule has 35 heavy (non-hydrogen) atoms. The summed E-state index contributed by atoms with van der Waals surface area (Å²) in [6.45, 7) is 10.9. The Morgan fingerprint density at radius 1 is 1.17 bits per heavy atom. The fraction of sp³-hybridized carbons (Fsp3) is 0.679. The van der Waals surface area contributed by atoms with Gasteiger partial charge in [0.2, 0.25) is 0 Å². The molecule has 3 rings (SSSR count). The van der Waals surface area contributed by atoms with E-state index >= 15 is 0 Å². The Morgan fingerprint density at radius 2 is 1.89 bits per heavy atom. The first-order chi connectivity index (χ1) is 16.3. The van der Waals surface area contributed by atoms with Crippen molar-refractivity contribution < 1.29 is 29.3 Å². The Morgan fingerprint density at radius 3 is 2.54 bits per heavy atom. The number of aromatic nitrogens is 1. The highest BCUT2D eigenvalue weighted by Gasteiger charge is 2.53. The van der Waals surface area contributed by atoms with E-state index in [9.17, 15) is 19.8 Å². The maximum atomic E-state index is 13.2. The summed E-state index contributed by atoms with van der Waals surface area (Å²) in [5, 5.41) is 21.7. The Balaban J connectivity index is 1.86. The third-order valence-electron chi connectivity index (χ3n) is 7.98. The van der Waals surface area contributed by atoms with Crippen molar-refractivity contribution in [3.63, 3.8) is 0 Å². The predicted molar refractivity (Wildman–Crippen MR) is 133 cm³/mol. The minimum absolute atomic E-state index is 0.0533. The van der Waals surface area contributed by atoms with Crippen molar-refractivity contribution in [3.8, 4) is 0 Å². The number of ether oxygens (including phenoxy) is 2. The number of hydrogen-bond acceptors (Lipinski definition) is 7. The molecule has 0 radical (unpaired) electrons. The quantitative estimate of drug-likeness (QED) is 0.477. The van der Waals surface area contributed by atoms with Gasteiger partial charge in [0.1, 0.15) is 11.9 Å². The standard InChI is InChI=1S/C28H41NO6/c1-17-10-9-12-28(6)23(35-28)15-21(18(2)14-20-11-7-8-13-29-20)34-24(31)16-22(30)27(4,5)26(33)19(3)25(17)32/h7-8,11,13-14,17,19,21-23,25,30,32H,9-10,12,15-16H2,1-6H3/b18-14+/t17?,19-,21+,22+,23+,25?,28-/m1/s1. The normalized spacial score (nSPS) is 37.3. The van der Waals surface area contributed by atoms with Gasteiger partial charge in [-0.05, 0) is 56.4 Å². The van der Waals surface area contributed by atoms with E-state index in [0.29, 0.717) is 6.42 Å². The highest BCUT2D eigenvalue weighted by molar-refractivity contribution is 5.88. The molecule has 1 aromatic heterocycles. The Labute approximate surface area is 208 Å². The van der Waals surface area contributed by atoms with Crippen molar-refractivity contribution in [3.05, 3.63) is 35.7 Å². The number of carbonyl (C=O) groups excluding carboxylic acids is 2. The molecule has 7 heteroatoms. The van der Waals surface area contributed by atoms with Crippen LogP contribution in [-0.4, -0.2) is 57.0 Å². The zero-order chi connectivity index (χ0) is 26.0. The molecule has 2 unspecified atom stereocenters. The fourth-order valence-electron chi connectivity index (χ4n) is 5.08. The van der Waals surface area contributed by atoms with Gasteiger partial charge in [-0.2, -0.15) is 0 Å². The molecule has 0 aromatic carbocycles. The number of cyclic esters (lactones) is 1. The van der Waals surface area contributed by atoms with Gasteiger partial charge in [0.25, 0.3) is 0 Å². The smallest absolute Gasteiger partial charge is 0.309 e. The summed E-state index contributed by atoms with van der Waals surface area (Å²) < 4.78 is 11.9. The molecule has 1 aromatic rings. The number of rotatable bonds is 2. The lowest BCUT2D eigenvalue weighted by molar-refractivity contribution is -0.154. The van der Waals surface area contributed by atoms with Crippen molar-refractivity contribution in [2.75, 3.05) is 0 Å². The molecule has 7 nitrogen and oxygen atoms in total. The van der Waals surface area contributed by atoms with E-state index in [4.69, 9.17) is 9.47 Å². The summed E-state index contributed by atoms with van der Waals surface area (Å²) in [4.78, 5) is 30.5. The van der Waals surface area contributed by atoms with E-state index in [1.165, 1.54) is 0 Å². The van der Waals surface area contributed by atoms with Crippen molar-refractivity contribution in [2.24, 2.45) is 17.3 Å². The zero-order valence-corrected chi connectivity index (χ0v) is 21.9. The minimum atomic E-state index is -1.23. The predicted octanol–water partition coefficient (Wildman–Crippen LogP) is 4.11. The number of epoxide rings is 1. The van der Waals surface area contributed by atoms with E-state index in [1.807, 2.05) is 38.1 Å². The van der Waals surface area contributed by atoms with Crippen molar-refractivity contribution >= 4 is 17.8 Å². The molecule has 2 fully saturated rings. The number of nitrogens with zero attached hydrogens (tertiary/aromatic N) is 1. The maximum absolute atomic E-state index is 13.2. The number of pyridine rings is 1. The highest BCUT2D eigenvalue weighted by Crippen LogP contribution is 2.45. The lowest BCUT2D eigenvalue weighted by Gasteiger charge is -2.34. The van der Waals surface area contributed by atoms with Gasteiger partial charge in [0.15, 0.2) is 0 Å². The molecule has 0 bridgehead atoms. The van der Waals surface area contributed by atoms with Crippen LogP contribution in [0.5, 0.6) is 0 Å². The Bertz CT molecular complexity index is 929. The van der Waals surface area contributed by atoms with Gasteiger partial charge in [0.05, 0.1) is 41.4 Å². The van der Waals surface area contributed by atoms with Gasteiger partial charge < -0.3 is 19.7 Å². The van der Waals surface area contributed by atoms with Crippen LogP contribution in [0.4, 0.5) is 0 Å². The number of aliphatic hydroxyl groups is 2. The summed E-state index contributed by atoms with van der Waals surface area (Å²) in [6, 6.07) is 5.62. The SMILES string of the molecule is C/C(=C\c1ccccn1)[C@@H]1C[C@@H]2O[C@]2(C)CCCC(C)C(O)[C@@H](C)C(=O)C(C)(C)[C@@H](O)CC(=O)O1. The van der Waals surface area contributed by atoms with Crippen LogP contribution in [-0.2, 0) is 19.1 Å². The first kappa shape index (κ1) is 27.5. The van der Waals surface area contributed by atoms with Gasteiger partial charge in [-0.25, -0.2) is 0 Å². The van der Waals surface area contributed by atoms with Crippen LogP contribution in [0.15, 0.2) is 30.0 Å². The first-order valence-electron chi connectivity index (χ1n) is 12.7. The third kappa shape index (κ3) is 6.57. The van der Waals surface area contributed by atoms with Crippen molar-refractivity contribution in [1.29, 1.82) is 0 Å². The number of hydrogen-bond donors (Lipinski definition) is 2. The van der Waals surface area contributed by atoms with E-state index in [-0.39, 0.29) is 29.8 Å². The summed E-state index contributed by atoms with van der Waals surface area (Å²) >= 11 is 0. The Kier molecular flexibility index (Phi) is 8.56. The average Bonchev–Trinajstić information content (AvgIpc) is 3.45. The maximum Gasteiger partial charge on any atom is 0.309 e. The van der Waals surface area contributed by atoms with Crippen LogP contribution >= 0.6 is 0 Å². The van der Waals surface area contributed by atoms with Crippen LogP contribution in [0.2, 0.25) is 0 Å². The molecular formula is C28H41NO6. The summed E-state index contributed by atoms with van der Waals surface area (Å²) in [6.07, 6.45) is 3.60. The third-order valence-corrected chi connectivity index (χ3v) is 7.98. The van der Waals surface area contributed by atoms with Crippen LogP contribution in [0, 0.1) is 17.3 Å². The van der Waals surface area contributed by atoms with Gasteiger partial charge >= 0.3 is 5.97 Å². The van der Waals surface area contributed by atoms with Gasteiger partial charge in [-0.1, -0.05) is 40.2 Å². The largest absolute Gasteiger partial charge is 0.458 e. The van der Waals surface area contributed by atoms with Crippen molar-refractivity contribution in [2.45, 2.75) is 104 Å². The van der Waals surface area contributed by atoms with Crippen LogP contribution in [0.3, 0.4) is 0 Å². The average molecular weight is 488 g/mol. The van der Waals surface area contributed by atoms with E-state index < -0.39 is 35.6 Å². The molecule has 0 aliphatic carbocycles. The number of Topliss-reactive ketones (excluding diaryl/α,β-unsaturated/α-hetero) is 1. The van der Waals surface area contributed by atoms with E-state index in [0.717, 1.165) is 30.5 Å². The fourth-order valence-corrected chi connectivity index (χ4v) is 5.08. The number of ketones is 1. The second-order valence-corrected chi connectivity index (χ2v) is 11.2. The minimum Gasteiger partial charge on any atom is -0.458 e. The topological polar surface area (TPSA) is 109 Å². The first-order valence-corrected chi connectivity index (χ1v) is 12.7. The Hall–Kier alpha value is -2.09. The summed E-state index contributed by atoms with van der Waals surface area (Å²) in [7, 11) is 0. The second kappa shape index (κ2) is 10.9. The highest BCUT2D eigenvalue weighted by atomic mass is 16.6. The number of carbonyl (C=O) groups is 2. The molecule has 2 N–H and O–H groups in total. The molecule has 194 valence electrons. The molecule has 0 spiro atoms. The van der Waals surface area contributed by atoms with Crippen molar-refractivity contribution in [1.82, 2.24) is 4.98 Å². The second-order valence-electron chi connectivity index (χ2n) is 11.2. The van der Waals surface area contributed by atoms with Gasteiger partial charge in [-0.15, -0.1) is 0 Å². The lowest BCUT2D eigenvalue weighted by atomic mass is 9.73. The molecule has 2 saturated heterocycles. The molecule has 3 heterocycles. The number of esters is 1. The van der Waals surface area contributed by atoms with Crippen LogP contribution in [0.1, 0.15) is 79.3 Å². The molecular weight excluding hydrogens is 446 g/mol. The monoisotopic (exact) mass is 487 g/mol.